The predicted molar refractivity (Wildman–Crippen MR) is 113 cm³/mol. The SMILES string of the molecule is Cc1ccccc1NC1=C(Sc2ccccc2)C(=O)N(c2ccc(F)cc2)C1=O. The highest BCUT2D eigenvalue weighted by atomic mass is 32.2. The van der Waals surface area contributed by atoms with Crippen molar-refractivity contribution in [2.24, 2.45) is 0 Å². The molecular formula is C23H17FN2O2S. The third kappa shape index (κ3) is 3.79. The Kier molecular flexibility index (Phi) is 5.18. The number of amides is 2. The van der Waals surface area contributed by atoms with E-state index in [0.29, 0.717) is 10.6 Å². The van der Waals surface area contributed by atoms with Gasteiger partial charge in [0.1, 0.15) is 16.4 Å². The van der Waals surface area contributed by atoms with Gasteiger partial charge in [0.2, 0.25) is 0 Å². The molecule has 0 unspecified atom stereocenters. The molecule has 0 radical (unpaired) electrons. The summed E-state index contributed by atoms with van der Waals surface area (Å²) in [7, 11) is 0. The van der Waals surface area contributed by atoms with Crippen LogP contribution in [0, 0.1) is 12.7 Å². The Balaban J connectivity index is 1.76. The molecule has 0 spiro atoms. The number of hydrogen-bond donors (Lipinski definition) is 1. The van der Waals surface area contributed by atoms with Gasteiger partial charge in [0.15, 0.2) is 0 Å². The van der Waals surface area contributed by atoms with E-state index in [4.69, 9.17) is 0 Å². The van der Waals surface area contributed by atoms with Crippen LogP contribution >= 0.6 is 11.8 Å². The van der Waals surface area contributed by atoms with Crippen LogP contribution in [0.3, 0.4) is 0 Å². The molecule has 1 aliphatic heterocycles. The summed E-state index contributed by atoms with van der Waals surface area (Å²) in [5.41, 5.74) is 2.23. The maximum absolute atomic E-state index is 13.3. The van der Waals surface area contributed by atoms with Gasteiger partial charge in [-0.25, -0.2) is 9.29 Å². The standard InChI is InChI=1S/C23H17FN2O2S/c1-15-7-5-6-10-19(15)25-20-21(29-18-8-3-2-4-9-18)23(28)26(22(20)27)17-13-11-16(24)12-14-17/h2-14,25H,1H3. The average molecular weight is 404 g/mol. The van der Waals surface area contributed by atoms with Crippen molar-refractivity contribution in [3.05, 3.63) is 101 Å². The van der Waals surface area contributed by atoms with E-state index in [2.05, 4.69) is 5.32 Å². The van der Waals surface area contributed by atoms with E-state index in [-0.39, 0.29) is 5.70 Å². The molecule has 1 aliphatic rings. The highest BCUT2D eigenvalue weighted by Crippen LogP contribution is 2.38. The number of nitrogens with one attached hydrogen (secondary N) is 1. The smallest absolute Gasteiger partial charge is 0.283 e. The van der Waals surface area contributed by atoms with E-state index in [1.54, 1.807) is 0 Å². The summed E-state index contributed by atoms with van der Waals surface area (Å²) in [6.45, 7) is 1.92. The third-order valence-corrected chi connectivity index (χ3v) is 5.58. The van der Waals surface area contributed by atoms with Gasteiger partial charge in [0.05, 0.1) is 5.69 Å². The number of aryl methyl sites for hydroxylation is 1. The fourth-order valence-electron chi connectivity index (χ4n) is 2.99. The minimum Gasteiger partial charge on any atom is -0.350 e. The van der Waals surface area contributed by atoms with Gasteiger partial charge in [-0.05, 0) is 55.0 Å². The number of imide groups is 1. The Morgan fingerprint density at radius 3 is 2.17 bits per heavy atom. The molecule has 0 bridgehead atoms. The lowest BCUT2D eigenvalue weighted by Gasteiger charge is -2.15. The van der Waals surface area contributed by atoms with Crippen LogP contribution in [0.2, 0.25) is 0 Å². The first-order chi connectivity index (χ1) is 14.0. The molecule has 0 fully saturated rings. The minimum atomic E-state index is -0.469. The summed E-state index contributed by atoms with van der Waals surface area (Å²) in [5.74, 6) is -1.34. The Hall–Kier alpha value is -3.38. The molecule has 0 aliphatic carbocycles. The van der Waals surface area contributed by atoms with Crippen LogP contribution in [0.25, 0.3) is 0 Å². The molecule has 0 aromatic heterocycles. The van der Waals surface area contributed by atoms with Gasteiger partial charge in [-0.2, -0.15) is 0 Å². The second-order valence-electron chi connectivity index (χ2n) is 6.48. The zero-order valence-electron chi connectivity index (χ0n) is 15.6. The molecule has 4 nitrogen and oxygen atoms in total. The molecule has 1 N–H and O–H groups in total. The molecular weight excluding hydrogens is 387 g/mol. The number of halogens is 1. The van der Waals surface area contributed by atoms with Crippen molar-refractivity contribution in [1.29, 1.82) is 0 Å². The molecule has 2 amide bonds. The summed E-state index contributed by atoms with van der Waals surface area (Å²) in [4.78, 5) is 28.6. The second-order valence-corrected chi connectivity index (χ2v) is 7.57. The van der Waals surface area contributed by atoms with Crippen LogP contribution in [0.15, 0.2) is 94.4 Å². The van der Waals surface area contributed by atoms with Crippen LogP contribution in [-0.4, -0.2) is 11.8 Å². The summed E-state index contributed by atoms with van der Waals surface area (Å²) < 4.78 is 13.3. The quantitative estimate of drug-likeness (QED) is 0.600. The Labute approximate surface area is 172 Å². The molecule has 144 valence electrons. The number of nitrogens with zero attached hydrogens (tertiary/aromatic N) is 1. The Morgan fingerprint density at radius 1 is 0.828 bits per heavy atom. The topological polar surface area (TPSA) is 49.4 Å². The molecule has 0 atom stereocenters. The molecule has 3 aromatic carbocycles. The second kappa shape index (κ2) is 7.93. The summed E-state index contributed by atoms with van der Waals surface area (Å²) in [6, 6.07) is 22.2. The summed E-state index contributed by atoms with van der Waals surface area (Å²) in [6.07, 6.45) is 0. The van der Waals surface area contributed by atoms with Crippen LogP contribution in [0.5, 0.6) is 0 Å². The predicted octanol–water partition coefficient (Wildman–Crippen LogP) is 5.12. The molecule has 29 heavy (non-hydrogen) atoms. The van der Waals surface area contributed by atoms with Crippen LogP contribution in [-0.2, 0) is 9.59 Å². The molecule has 3 aromatic rings. The number of para-hydroxylation sites is 1. The average Bonchev–Trinajstić information content (AvgIpc) is 2.95. The van der Waals surface area contributed by atoms with Gasteiger partial charge >= 0.3 is 0 Å². The lowest BCUT2D eigenvalue weighted by atomic mass is 10.2. The molecule has 6 heteroatoms. The maximum atomic E-state index is 13.3. The number of anilines is 2. The number of carbonyl (C=O) groups is 2. The van der Waals surface area contributed by atoms with E-state index < -0.39 is 17.6 Å². The monoisotopic (exact) mass is 404 g/mol. The van der Waals surface area contributed by atoms with Gasteiger partial charge in [0.25, 0.3) is 11.8 Å². The lowest BCUT2D eigenvalue weighted by Crippen LogP contribution is -2.32. The van der Waals surface area contributed by atoms with Gasteiger partial charge in [-0.3, -0.25) is 9.59 Å². The lowest BCUT2D eigenvalue weighted by molar-refractivity contribution is -0.120. The van der Waals surface area contributed by atoms with E-state index in [1.807, 2.05) is 61.5 Å². The van der Waals surface area contributed by atoms with Crippen molar-refractivity contribution >= 4 is 35.0 Å². The van der Waals surface area contributed by atoms with Crippen molar-refractivity contribution in [2.45, 2.75) is 11.8 Å². The first-order valence-corrected chi connectivity index (χ1v) is 9.80. The van der Waals surface area contributed by atoms with E-state index >= 15 is 0 Å². The molecule has 0 saturated heterocycles. The highest BCUT2D eigenvalue weighted by molar-refractivity contribution is 8.04. The number of hydrogen-bond acceptors (Lipinski definition) is 4. The first kappa shape index (κ1) is 19.0. The highest BCUT2D eigenvalue weighted by Gasteiger charge is 2.40. The fraction of sp³-hybridized carbons (Fsp3) is 0.0435. The largest absolute Gasteiger partial charge is 0.350 e. The number of carbonyl (C=O) groups excluding carboxylic acids is 2. The summed E-state index contributed by atoms with van der Waals surface area (Å²) >= 11 is 1.23. The van der Waals surface area contributed by atoms with Crippen molar-refractivity contribution in [3.8, 4) is 0 Å². The fourth-order valence-corrected chi connectivity index (χ4v) is 3.94. The zero-order valence-corrected chi connectivity index (χ0v) is 16.4. The number of benzene rings is 3. The molecule has 0 saturated carbocycles. The number of thioether (sulfide) groups is 1. The molecule has 4 rings (SSSR count). The van der Waals surface area contributed by atoms with Crippen molar-refractivity contribution in [1.82, 2.24) is 0 Å². The van der Waals surface area contributed by atoms with Crippen molar-refractivity contribution < 1.29 is 14.0 Å². The van der Waals surface area contributed by atoms with Crippen molar-refractivity contribution in [2.75, 3.05) is 10.2 Å². The first-order valence-electron chi connectivity index (χ1n) is 8.99. The Bertz CT molecular complexity index is 1110. The normalized spacial score (nSPS) is 13.9. The maximum Gasteiger partial charge on any atom is 0.283 e. The van der Waals surface area contributed by atoms with Crippen LogP contribution in [0.4, 0.5) is 15.8 Å². The van der Waals surface area contributed by atoms with Gasteiger partial charge in [0, 0.05) is 10.6 Å². The summed E-state index contributed by atoms with van der Waals surface area (Å²) in [5, 5.41) is 3.14. The number of rotatable bonds is 5. The van der Waals surface area contributed by atoms with Crippen LogP contribution in [0.1, 0.15) is 5.56 Å². The van der Waals surface area contributed by atoms with Crippen LogP contribution < -0.4 is 10.2 Å². The van der Waals surface area contributed by atoms with Gasteiger partial charge < -0.3 is 5.32 Å². The third-order valence-electron chi connectivity index (χ3n) is 4.49. The van der Waals surface area contributed by atoms with Gasteiger partial charge in [-0.15, -0.1) is 0 Å². The molecule has 1 heterocycles. The van der Waals surface area contributed by atoms with E-state index in [1.165, 1.54) is 36.0 Å². The zero-order chi connectivity index (χ0) is 20.4. The van der Waals surface area contributed by atoms with Crippen molar-refractivity contribution in [3.63, 3.8) is 0 Å². The van der Waals surface area contributed by atoms with E-state index in [9.17, 15) is 14.0 Å². The minimum absolute atomic E-state index is 0.211. The van der Waals surface area contributed by atoms with E-state index in [0.717, 1.165) is 21.0 Å². The van der Waals surface area contributed by atoms with Gasteiger partial charge in [-0.1, -0.05) is 48.2 Å². The Morgan fingerprint density at radius 2 is 1.48 bits per heavy atom.